The van der Waals surface area contributed by atoms with E-state index >= 15 is 0 Å². The fourth-order valence-corrected chi connectivity index (χ4v) is 4.30. The fraction of sp³-hybridized carbons (Fsp3) is 0.130. The highest BCUT2D eigenvalue weighted by Gasteiger charge is 2.56. The minimum Gasteiger partial charge on any atom is -0.504 e. The molecule has 2 heterocycles. The molecule has 0 bridgehead atoms. The van der Waals surface area contributed by atoms with Gasteiger partial charge in [-0.3, -0.25) is 4.79 Å². The minimum absolute atomic E-state index is 0.0751. The van der Waals surface area contributed by atoms with E-state index in [1.807, 2.05) is 48.5 Å². The number of amides is 1. The number of phenols is 1. The summed E-state index contributed by atoms with van der Waals surface area (Å²) >= 11 is 0. The quantitative estimate of drug-likeness (QED) is 0.565. The number of hydrogen-bond donors (Lipinski definition) is 2. The topological polar surface area (TPSA) is 78.5 Å². The molecule has 144 valence electrons. The number of aromatic nitrogens is 2. The summed E-state index contributed by atoms with van der Waals surface area (Å²) < 4.78 is 5.33. The van der Waals surface area contributed by atoms with Crippen molar-refractivity contribution in [3.8, 4) is 11.5 Å². The fourth-order valence-electron chi connectivity index (χ4n) is 4.30. The number of nitrogens with zero attached hydrogens (tertiary/aromatic N) is 2. The number of imidazole rings is 1. The summed E-state index contributed by atoms with van der Waals surface area (Å²) in [4.78, 5) is 23.5. The molecular formula is C23H19N3O3. The largest absolute Gasteiger partial charge is 0.504 e. The highest BCUT2D eigenvalue weighted by Crippen LogP contribution is 2.52. The van der Waals surface area contributed by atoms with Gasteiger partial charge in [0.25, 0.3) is 0 Å². The van der Waals surface area contributed by atoms with Crippen LogP contribution < -0.4 is 9.64 Å². The second-order valence-electron chi connectivity index (χ2n) is 7.09. The maximum atomic E-state index is 13.8. The molecule has 0 saturated carbocycles. The molecular weight excluding hydrogens is 366 g/mol. The first-order chi connectivity index (χ1) is 14.1. The number of hydrogen-bond acceptors (Lipinski definition) is 4. The molecule has 1 aliphatic heterocycles. The van der Waals surface area contributed by atoms with E-state index in [1.54, 1.807) is 30.1 Å². The molecule has 6 heteroatoms. The number of H-pyrrole nitrogens is 1. The van der Waals surface area contributed by atoms with E-state index in [0.717, 1.165) is 22.3 Å². The van der Waals surface area contributed by atoms with Crippen LogP contribution in [0.25, 0.3) is 11.0 Å². The molecule has 0 saturated heterocycles. The molecule has 2 N–H and O–H groups in total. The third-order valence-electron chi connectivity index (χ3n) is 5.66. The number of nitrogens with one attached hydrogen (secondary N) is 1. The van der Waals surface area contributed by atoms with E-state index in [9.17, 15) is 9.90 Å². The molecule has 1 atom stereocenters. The first-order valence-electron chi connectivity index (χ1n) is 9.28. The van der Waals surface area contributed by atoms with Crippen LogP contribution in [-0.2, 0) is 10.2 Å². The predicted octanol–water partition coefficient (Wildman–Crippen LogP) is 3.59. The predicted molar refractivity (Wildman–Crippen MR) is 110 cm³/mol. The van der Waals surface area contributed by atoms with Gasteiger partial charge in [-0.05, 0) is 24.3 Å². The number of benzene rings is 3. The highest BCUT2D eigenvalue weighted by molar-refractivity contribution is 6.12. The number of carbonyl (C=O) groups excluding carboxylic acids is 1. The van der Waals surface area contributed by atoms with E-state index < -0.39 is 5.41 Å². The number of fused-ring (bicyclic) bond motifs is 2. The molecule has 0 radical (unpaired) electrons. The molecule has 4 aromatic rings. The third kappa shape index (κ3) is 2.17. The van der Waals surface area contributed by atoms with Gasteiger partial charge in [-0.2, -0.15) is 0 Å². The van der Waals surface area contributed by atoms with Gasteiger partial charge in [-0.25, -0.2) is 4.98 Å². The lowest BCUT2D eigenvalue weighted by Crippen LogP contribution is -2.41. The average molecular weight is 385 g/mol. The number of methoxy groups -OCH3 is 1. The van der Waals surface area contributed by atoms with Crippen molar-refractivity contribution in [1.82, 2.24) is 9.97 Å². The van der Waals surface area contributed by atoms with Crippen molar-refractivity contribution in [1.29, 1.82) is 0 Å². The van der Waals surface area contributed by atoms with Gasteiger partial charge in [0.1, 0.15) is 5.82 Å². The van der Waals surface area contributed by atoms with Crippen LogP contribution in [0.4, 0.5) is 5.69 Å². The molecule has 29 heavy (non-hydrogen) atoms. The number of anilines is 1. The number of likely N-dealkylation sites (N-methyl/N-ethyl adjacent to an activating group) is 1. The summed E-state index contributed by atoms with van der Waals surface area (Å²) in [7, 11) is 3.23. The van der Waals surface area contributed by atoms with Gasteiger partial charge in [0, 0.05) is 23.9 Å². The Bertz CT molecular complexity index is 1230. The van der Waals surface area contributed by atoms with Gasteiger partial charge in [0.05, 0.1) is 18.1 Å². The van der Waals surface area contributed by atoms with Crippen molar-refractivity contribution in [3.63, 3.8) is 0 Å². The second-order valence-corrected chi connectivity index (χ2v) is 7.09. The first kappa shape index (κ1) is 17.3. The molecule has 1 amide bonds. The summed E-state index contributed by atoms with van der Waals surface area (Å²) in [5.74, 6) is 0.497. The number of carbonyl (C=O) groups is 1. The molecule has 1 aliphatic rings. The van der Waals surface area contributed by atoms with Crippen LogP contribution in [0.5, 0.6) is 11.5 Å². The zero-order valence-corrected chi connectivity index (χ0v) is 16.0. The number of phenolic OH excluding ortho intramolecular Hbond substituents is 1. The number of para-hydroxylation sites is 4. The Labute approximate surface area is 167 Å². The lowest BCUT2D eigenvalue weighted by molar-refractivity contribution is -0.120. The highest BCUT2D eigenvalue weighted by atomic mass is 16.5. The Morgan fingerprint density at radius 1 is 1.00 bits per heavy atom. The Kier molecular flexibility index (Phi) is 3.64. The number of ether oxygens (including phenoxy) is 1. The lowest BCUT2D eigenvalue weighted by Gasteiger charge is -2.28. The third-order valence-corrected chi connectivity index (χ3v) is 5.66. The lowest BCUT2D eigenvalue weighted by atomic mass is 9.74. The van der Waals surface area contributed by atoms with E-state index in [2.05, 4.69) is 4.98 Å². The van der Waals surface area contributed by atoms with Crippen molar-refractivity contribution in [2.45, 2.75) is 5.41 Å². The second kappa shape index (κ2) is 6.10. The van der Waals surface area contributed by atoms with Gasteiger partial charge in [0.2, 0.25) is 5.91 Å². The average Bonchev–Trinajstić information content (AvgIpc) is 3.27. The summed E-state index contributed by atoms with van der Waals surface area (Å²) in [6.07, 6.45) is 0. The molecule has 3 aromatic carbocycles. The number of rotatable bonds is 3. The smallest absolute Gasteiger partial charge is 0.249 e. The van der Waals surface area contributed by atoms with Crippen molar-refractivity contribution in [2.75, 3.05) is 19.1 Å². The van der Waals surface area contributed by atoms with Gasteiger partial charge < -0.3 is 19.7 Å². The van der Waals surface area contributed by atoms with E-state index in [-0.39, 0.29) is 11.7 Å². The summed E-state index contributed by atoms with van der Waals surface area (Å²) in [6.45, 7) is 0. The number of aromatic amines is 1. The van der Waals surface area contributed by atoms with Crippen LogP contribution >= 0.6 is 0 Å². The Balaban J connectivity index is 1.93. The molecule has 5 rings (SSSR count). The Morgan fingerprint density at radius 3 is 2.52 bits per heavy atom. The molecule has 0 fully saturated rings. The van der Waals surface area contributed by atoms with Crippen molar-refractivity contribution >= 4 is 22.6 Å². The van der Waals surface area contributed by atoms with Gasteiger partial charge in [-0.1, -0.05) is 42.5 Å². The summed E-state index contributed by atoms with van der Waals surface area (Å²) in [5, 5.41) is 11.0. The Morgan fingerprint density at radius 2 is 1.72 bits per heavy atom. The maximum Gasteiger partial charge on any atom is 0.249 e. The van der Waals surface area contributed by atoms with Gasteiger partial charge >= 0.3 is 0 Å². The normalized spacial score (nSPS) is 18.3. The SMILES string of the molecule is COc1cccc(C2(c3nc4ccccc4[nH]3)C(=O)N(C)c3ccccc32)c1O. The maximum absolute atomic E-state index is 13.8. The zero-order chi connectivity index (χ0) is 20.2. The standard InChI is InChI=1S/C23H19N3O3/c1-26-18-12-6-3-8-14(18)23(22(26)28,15-9-7-13-19(29-2)20(15)27)21-24-16-10-4-5-11-17(16)25-21/h3-13,27H,1-2H3,(H,24,25). The van der Waals surface area contributed by atoms with Crippen molar-refractivity contribution < 1.29 is 14.6 Å². The zero-order valence-electron chi connectivity index (χ0n) is 16.0. The van der Waals surface area contributed by atoms with Gasteiger partial charge in [0.15, 0.2) is 16.9 Å². The van der Waals surface area contributed by atoms with E-state index in [4.69, 9.17) is 9.72 Å². The summed E-state index contributed by atoms with van der Waals surface area (Å²) in [6, 6.07) is 20.4. The first-order valence-corrected chi connectivity index (χ1v) is 9.28. The number of aromatic hydroxyl groups is 1. The van der Waals surface area contributed by atoms with Crippen LogP contribution in [0.15, 0.2) is 66.7 Å². The van der Waals surface area contributed by atoms with Crippen LogP contribution in [0, 0.1) is 0 Å². The van der Waals surface area contributed by atoms with E-state index in [1.165, 1.54) is 7.11 Å². The van der Waals surface area contributed by atoms with Crippen LogP contribution in [0.1, 0.15) is 17.0 Å². The van der Waals surface area contributed by atoms with Gasteiger partial charge in [-0.15, -0.1) is 0 Å². The van der Waals surface area contributed by atoms with E-state index in [0.29, 0.717) is 17.1 Å². The van der Waals surface area contributed by atoms with Crippen LogP contribution in [0.3, 0.4) is 0 Å². The van der Waals surface area contributed by atoms with Crippen molar-refractivity contribution in [2.24, 2.45) is 0 Å². The molecule has 1 aromatic heterocycles. The Hall–Kier alpha value is -3.80. The molecule has 6 nitrogen and oxygen atoms in total. The minimum atomic E-state index is -1.32. The van der Waals surface area contributed by atoms with Crippen LogP contribution in [0.2, 0.25) is 0 Å². The van der Waals surface area contributed by atoms with Crippen LogP contribution in [-0.4, -0.2) is 35.1 Å². The van der Waals surface area contributed by atoms with Crippen molar-refractivity contribution in [3.05, 3.63) is 83.7 Å². The molecule has 0 spiro atoms. The molecule has 1 unspecified atom stereocenters. The summed E-state index contributed by atoms with van der Waals surface area (Å²) in [5.41, 5.74) is 2.23. The molecule has 0 aliphatic carbocycles. The monoisotopic (exact) mass is 385 g/mol.